The molecule has 5 nitrogen and oxygen atoms in total. The van der Waals surface area contributed by atoms with Crippen molar-refractivity contribution in [2.75, 3.05) is 5.32 Å². The summed E-state index contributed by atoms with van der Waals surface area (Å²) in [4.78, 5) is 16.3. The maximum absolute atomic E-state index is 12.2. The molecule has 2 heterocycles. The fraction of sp³-hybridized carbons (Fsp3) is 0. The standard InChI is InChI=1S/C13H9IN4O/c14-9-4-6-10(7-5-9)17-13(19)11-2-1-3-12-15-8-16-18(11)12/h1-8H,(H,17,19). The first-order chi connectivity index (χ1) is 9.24. The number of amides is 1. The van der Waals surface area contributed by atoms with Crippen LogP contribution in [0.4, 0.5) is 5.69 Å². The van der Waals surface area contributed by atoms with E-state index >= 15 is 0 Å². The van der Waals surface area contributed by atoms with Gasteiger partial charge in [-0.15, -0.1) is 0 Å². The number of pyridine rings is 1. The van der Waals surface area contributed by atoms with Crippen LogP contribution in [0.15, 0.2) is 48.8 Å². The number of carbonyl (C=O) groups is 1. The molecule has 0 aliphatic carbocycles. The maximum Gasteiger partial charge on any atom is 0.274 e. The zero-order valence-electron chi connectivity index (χ0n) is 9.75. The van der Waals surface area contributed by atoms with Crippen LogP contribution in [0.1, 0.15) is 10.5 Å². The Morgan fingerprint density at radius 2 is 1.95 bits per heavy atom. The predicted octanol–water partition coefficient (Wildman–Crippen LogP) is 2.59. The molecule has 0 spiro atoms. The second kappa shape index (κ2) is 4.96. The molecule has 0 aliphatic heterocycles. The predicted molar refractivity (Wildman–Crippen MR) is 80.1 cm³/mol. The summed E-state index contributed by atoms with van der Waals surface area (Å²) in [6.45, 7) is 0. The Balaban J connectivity index is 1.92. The Bertz CT molecular complexity index is 736. The first-order valence-electron chi connectivity index (χ1n) is 5.60. The van der Waals surface area contributed by atoms with Crippen LogP contribution in [0.25, 0.3) is 5.65 Å². The van der Waals surface area contributed by atoms with Gasteiger partial charge in [0.25, 0.3) is 5.91 Å². The highest BCUT2D eigenvalue weighted by Gasteiger charge is 2.11. The number of anilines is 1. The minimum Gasteiger partial charge on any atom is -0.321 e. The molecular formula is C13H9IN4O. The molecule has 0 bridgehead atoms. The smallest absolute Gasteiger partial charge is 0.274 e. The second-order valence-corrected chi connectivity index (χ2v) is 5.15. The number of nitrogens with zero attached hydrogens (tertiary/aromatic N) is 3. The molecule has 1 N–H and O–H groups in total. The Morgan fingerprint density at radius 3 is 2.74 bits per heavy atom. The van der Waals surface area contributed by atoms with E-state index in [1.54, 1.807) is 18.2 Å². The highest BCUT2D eigenvalue weighted by atomic mass is 127. The Kier molecular flexibility index (Phi) is 3.16. The van der Waals surface area contributed by atoms with Crippen molar-refractivity contribution in [1.29, 1.82) is 0 Å². The lowest BCUT2D eigenvalue weighted by Crippen LogP contribution is -2.16. The van der Waals surface area contributed by atoms with E-state index in [2.05, 4.69) is 38.0 Å². The Morgan fingerprint density at radius 1 is 1.16 bits per heavy atom. The molecule has 0 radical (unpaired) electrons. The van der Waals surface area contributed by atoms with Crippen molar-refractivity contribution in [3.05, 3.63) is 58.1 Å². The van der Waals surface area contributed by atoms with E-state index in [-0.39, 0.29) is 5.91 Å². The Labute approximate surface area is 122 Å². The molecule has 0 fully saturated rings. The normalized spacial score (nSPS) is 10.6. The van der Waals surface area contributed by atoms with Gasteiger partial charge >= 0.3 is 0 Å². The van der Waals surface area contributed by atoms with Crippen LogP contribution in [0.3, 0.4) is 0 Å². The third kappa shape index (κ3) is 2.43. The summed E-state index contributed by atoms with van der Waals surface area (Å²) in [6.07, 6.45) is 1.43. The summed E-state index contributed by atoms with van der Waals surface area (Å²) in [5, 5.41) is 6.88. The highest BCUT2D eigenvalue weighted by molar-refractivity contribution is 14.1. The van der Waals surface area contributed by atoms with Crippen LogP contribution in [0, 0.1) is 3.57 Å². The molecule has 3 aromatic rings. The van der Waals surface area contributed by atoms with E-state index in [4.69, 9.17) is 0 Å². The first kappa shape index (κ1) is 12.1. The number of benzene rings is 1. The topological polar surface area (TPSA) is 59.3 Å². The average molecular weight is 364 g/mol. The molecular weight excluding hydrogens is 355 g/mol. The van der Waals surface area contributed by atoms with Gasteiger partial charge in [0.15, 0.2) is 5.65 Å². The van der Waals surface area contributed by atoms with Crippen molar-refractivity contribution in [2.24, 2.45) is 0 Å². The van der Waals surface area contributed by atoms with E-state index < -0.39 is 0 Å². The molecule has 0 saturated carbocycles. The zero-order valence-corrected chi connectivity index (χ0v) is 11.9. The first-order valence-corrected chi connectivity index (χ1v) is 6.67. The van der Waals surface area contributed by atoms with Gasteiger partial charge < -0.3 is 5.32 Å². The number of carbonyl (C=O) groups excluding carboxylic acids is 1. The number of hydrogen-bond donors (Lipinski definition) is 1. The molecule has 0 atom stereocenters. The lowest BCUT2D eigenvalue weighted by Gasteiger charge is -2.06. The molecule has 6 heteroatoms. The number of nitrogens with one attached hydrogen (secondary N) is 1. The summed E-state index contributed by atoms with van der Waals surface area (Å²) in [6, 6.07) is 12.9. The van der Waals surface area contributed by atoms with Crippen molar-refractivity contribution in [3.8, 4) is 0 Å². The Hall–Kier alpha value is -1.96. The fourth-order valence-electron chi connectivity index (χ4n) is 1.75. The van der Waals surface area contributed by atoms with Crippen LogP contribution in [-0.4, -0.2) is 20.5 Å². The van der Waals surface area contributed by atoms with Crippen molar-refractivity contribution in [2.45, 2.75) is 0 Å². The van der Waals surface area contributed by atoms with E-state index in [0.717, 1.165) is 9.26 Å². The number of halogens is 1. The minimum atomic E-state index is -0.211. The minimum absolute atomic E-state index is 0.211. The van der Waals surface area contributed by atoms with Gasteiger partial charge in [0.05, 0.1) is 0 Å². The van der Waals surface area contributed by atoms with Gasteiger partial charge in [-0.05, 0) is 59.0 Å². The van der Waals surface area contributed by atoms with Gasteiger partial charge in [-0.25, -0.2) is 9.50 Å². The monoisotopic (exact) mass is 364 g/mol. The summed E-state index contributed by atoms with van der Waals surface area (Å²) >= 11 is 2.22. The van der Waals surface area contributed by atoms with Crippen molar-refractivity contribution < 1.29 is 4.79 Å². The summed E-state index contributed by atoms with van der Waals surface area (Å²) < 4.78 is 2.64. The zero-order chi connectivity index (χ0) is 13.2. The lowest BCUT2D eigenvalue weighted by molar-refractivity contribution is 0.102. The van der Waals surface area contributed by atoms with Crippen LogP contribution < -0.4 is 5.32 Å². The van der Waals surface area contributed by atoms with E-state index in [0.29, 0.717) is 11.3 Å². The van der Waals surface area contributed by atoms with Gasteiger partial charge in [-0.3, -0.25) is 4.79 Å². The molecule has 0 aliphatic rings. The van der Waals surface area contributed by atoms with Crippen LogP contribution in [0.2, 0.25) is 0 Å². The van der Waals surface area contributed by atoms with Crippen molar-refractivity contribution in [3.63, 3.8) is 0 Å². The number of hydrogen-bond acceptors (Lipinski definition) is 3. The number of fused-ring (bicyclic) bond motifs is 1. The van der Waals surface area contributed by atoms with Gasteiger partial charge in [0, 0.05) is 9.26 Å². The molecule has 3 rings (SSSR count). The molecule has 19 heavy (non-hydrogen) atoms. The third-order valence-electron chi connectivity index (χ3n) is 2.64. The van der Waals surface area contributed by atoms with Crippen molar-refractivity contribution >= 4 is 39.8 Å². The summed E-state index contributed by atoms with van der Waals surface area (Å²) in [5.74, 6) is -0.211. The molecule has 94 valence electrons. The molecule has 2 aromatic heterocycles. The fourth-order valence-corrected chi connectivity index (χ4v) is 2.11. The quantitative estimate of drug-likeness (QED) is 0.712. The lowest BCUT2D eigenvalue weighted by atomic mass is 10.3. The van der Waals surface area contributed by atoms with E-state index in [1.807, 2.05) is 24.3 Å². The van der Waals surface area contributed by atoms with E-state index in [1.165, 1.54) is 10.8 Å². The van der Waals surface area contributed by atoms with Crippen LogP contribution in [0.5, 0.6) is 0 Å². The van der Waals surface area contributed by atoms with E-state index in [9.17, 15) is 4.79 Å². The highest BCUT2D eigenvalue weighted by Crippen LogP contribution is 2.13. The van der Waals surface area contributed by atoms with Crippen LogP contribution in [-0.2, 0) is 0 Å². The molecule has 0 unspecified atom stereocenters. The third-order valence-corrected chi connectivity index (χ3v) is 3.36. The summed E-state index contributed by atoms with van der Waals surface area (Å²) in [5.41, 5.74) is 1.85. The van der Waals surface area contributed by atoms with Crippen LogP contribution >= 0.6 is 22.6 Å². The van der Waals surface area contributed by atoms with Gasteiger partial charge in [0.1, 0.15) is 12.0 Å². The second-order valence-electron chi connectivity index (χ2n) is 3.90. The maximum atomic E-state index is 12.2. The van der Waals surface area contributed by atoms with Crippen molar-refractivity contribution in [1.82, 2.24) is 14.6 Å². The molecule has 1 amide bonds. The summed E-state index contributed by atoms with van der Waals surface area (Å²) in [7, 11) is 0. The SMILES string of the molecule is O=C(Nc1ccc(I)cc1)c1cccc2ncnn12. The largest absolute Gasteiger partial charge is 0.321 e. The molecule has 0 saturated heterocycles. The van der Waals surface area contributed by atoms with Gasteiger partial charge in [-0.1, -0.05) is 6.07 Å². The molecule has 1 aromatic carbocycles. The van der Waals surface area contributed by atoms with Gasteiger partial charge in [0.2, 0.25) is 0 Å². The number of aromatic nitrogens is 3. The number of rotatable bonds is 2. The average Bonchev–Trinajstić information content (AvgIpc) is 2.89. The van der Waals surface area contributed by atoms with Gasteiger partial charge in [-0.2, -0.15) is 5.10 Å².